The molecule has 3 N–H and O–H groups in total. The second kappa shape index (κ2) is 71.1. The maximum absolute atomic E-state index is 13.1. The Bertz CT molecular complexity index is 1860. The molecular formula is C78H152O17P2. The fourth-order valence-electron chi connectivity index (χ4n) is 12.1. The Morgan fingerprint density at radius 3 is 0.701 bits per heavy atom. The number of phosphoric ester groups is 2. The van der Waals surface area contributed by atoms with E-state index in [-0.39, 0.29) is 25.7 Å². The van der Waals surface area contributed by atoms with Gasteiger partial charge in [-0.2, -0.15) is 0 Å². The molecule has 5 atom stereocenters. The van der Waals surface area contributed by atoms with Crippen molar-refractivity contribution in [2.24, 2.45) is 5.92 Å². The average molecular weight is 1420 g/mol. The molecule has 0 aromatic carbocycles. The highest BCUT2D eigenvalue weighted by atomic mass is 31.2. The van der Waals surface area contributed by atoms with E-state index in [1.54, 1.807) is 0 Å². The molecule has 0 aliphatic carbocycles. The van der Waals surface area contributed by atoms with Gasteiger partial charge in [0.05, 0.1) is 26.4 Å². The van der Waals surface area contributed by atoms with Gasteiger partial charge in [0, 0.05) is 25.7 Å². The van der Waals surface area contributed by atoms with Crippen LogP contribution in [0.3, 0.4) is 0 Å². The monoisotopic (exact) mass is 1420 g/mol. The first-order valence-electron chi connectivity index (χ1n) is 40.6. The van der Waals surface area contributed by atoms with E-state index in [9.17, 15) is 43.2 Å². The second-order valence-electron chi connectivity index (χ2n) is 28.6. The summed E-state index contributed by atoms with van der Waals surface area (Å²) in [5.41, 5.74) is 0. The minimum Gasteiger partial charge on any atom is -0.462 e. The van der Waals surface area contributed by atoms with Gasteiger partial charge < -0.3 is 33.8 Å². The van der Waals surface area contributed by atoms with Crippen LogP contribution < -0.4 is 0 Å². The summed E-state index contributed by atoms with van der Waals surface area (Å²) in [5.74, 6) is -1.30. The molecule has 576 valence electrons. The highest BCUT2D eigenvalue weighted by molar-refractivity contribution is 7.47. The van der Waals surface area contributed by atoms with Crippen molar-refractivity contribution in [3.63, 3.8) is 0 Å². The lowest BCUT2D eigenvalue weighted by molar-refractivity contribution is -0.161. The molecule has 0 heterocycles. The average Bonchev–Trinajstić information content (AvgIpc) is 1.71. The molecule has 2 unspecified atom stereocenters. The fraction of sp³-hybridized carbons (Fsp3) is 0.949. The number of rotatable bonds is 78. The number of phosphoric acid groups is 2. The Morgan fingerprint density at radius 1 is 0.278 bits per heavy atom. The van der Waals surface area contributed by atoms with Crippen LogP contribution in [0.1, 0.15) is 413 Å². The number of hydrogen-bond donors (Lipinski definition) is 3. The molecule has 0 saturated heterocycles. The Balaban J connectivity index is 5.21. The summed E-state index contributed by atoms with van der Waals surface area (Å²) >= 11 is 0. The predicted octanol–water partition coefficient (Wildman–Crippen LogP) is 23.3. The molecule has 0 aliphatic rings. The lowest BCUT2D eigenvalue weighted by atomic mass is 10.0. The summed E-state index contributed by atoms with van der Waals surface area (Å²) in [6.07, 6.45) is 61.0. The first-order valence-corrected chi connectivity index (χ1v) is 43.6. The molecule has 0 aromatic rings. The first-order chi connectivity index (χ1) is 47.0. The van der Waals surface area contributed by atoms with Crippen molar-refractivity contribution in [1.29, 1.82) is 0 Å². The molecule has 17 nitrogen and oxygen atoms in total. The van der Waals surface area contributed by atoms with Crippen LogP contribution >= 0.6 is 15.6 Å². The molecule has 0 aliphatic heterocycles. The Labute approximate surface area is 594 Å². The van der Waals surface area contributed by atoms with Gasteiger partial charge in [0.2, 0.25) is 0 Å². The van der Waals surface area contributed by atoms with E-state index >= 15 is 0 Å². The Hall–Kier alpha value is -1.94. The number of ether oxygens (including phenoxy) is 4. The molecule has 19 heteroatoms. The van der Waals surface area contributed by atoms with E-state index in [2.05, 4.69) is 34.6 Å². The van der Waals surface area contributed by atoms with Gasteiger partial charge in [-0.05, 0) is 31.6 Å². The van der Waals surface area contributed by atoms with Gasteiger partial charge in [0.1, 0.15) is 19.3 Å². The third-order valence-corrected chi connectivity index (χ3v) is 20.2. The molecular weight excluding hydrogens is 1270 g/mol. The molecule has 0 amide bonds. The SMILES string of the molecule is CCCCCCCCCCCCCCCCCCCC(=O)OC[C@H](COP(=O)(O)OC[C@@H](O)COP(=O)(O)OC[C@@H](COC(=O)CCCCCCCCCCCC)OC(=O)CCCCCCCCCCCCC)OC(=O)CCCCCCCCCCCCCCCCCCC(C)C. The lowest BCUT2D eigenvalue weighted by Crippen LogP contribution is -2.30. The second-order valence-corrected chi connectivity index (χ2v) is 31.5. The van der Waals surface area contributed by atoms with Crippen molar-refractivity contribution in [2.45, 2.75) is 432 Å². The molecule has 0 bridgehead atoms. The van der Waals surface area contributed by atoms with Crippen molar-refractivity contribution in [2.75, 3.05) is 39.6 Å². The molecule has 0 spiro atoms. The van der Waals surface area contributed by atoms with Crippen LogP contribution in [0, 0.1) is 5.92 Å². The number of hydrogen-bond acceptors (Lipinski definition) is 15. The van der Waals surface area contributed by atoms with Crippen molar-refractivity contribution in [1.82, 2.24) is 0 Å². The summed E-state index contributed by atoms with van der Waals surface area (Å²) in [7, 11) is -9.91. The van der Waals surface area contributed by atoms with Crippen molar-refractivity contribution < 1.29 is 80.2 Å². The standard InChI is InChI=1S/C78H152O17P2/c1-6-9-12-15-18-21-24-25-26-27-31-34-38-42-47-52-57-62-76(81)89-68-74(95-78(83)64-59-54-49-44-39-35-32-29-28-30-33-37-40-45-50-55-60-71(4)5)70-93-97(86,87)91-66-72(79)65-90-96(84,85)92-69-73(67-88-75(80)61-56-51-46-41-23-20-17-14-11-8-3)94-77(82)63-58-53-48-43-36-22-19-16-13-10-7-2/h71-74,79H,6-70H2,1-5H3,(H,84,85)(H,86,87)/t72-,73+,74+/m0/s1. The summed E-state index contributed by atoms with van der Waals surface area (Å²) in [4.78, 5) is 72.8. The third-order valence-electron chi connectivity index (χ3n) is 18.3. The minimum atomic E-state index is -4.96. The Kier molecular flexibility index (Phi) is 69.6. The van der Waals surface area contributed by atoms with Gasteiger partial charge in [-0.15, -0.1) is 0 Å². The zero-order chi connectivity index (χ0) is 71.2. The molecule has 0 rings (SSSR count). The summed E-state index contributed by atoms with van der Waals surface area (Å²) < 4.78 is 68.6. The van der Waals surface area contributed by atoms with Crippen LogP contribution in [0.25, 0.3) is 0 Å². The summed E-state index contributed by atoms with van der Waals surface area (Å²) in [5, 5.41) is 10.6. The Morgan fingerprint density at radius 2 is 0.474 bits per heavy atom. The minimum absolute atomic E-state index is 0.107. The van der Waals surface area contributed by atoms with Crippen LogP contribution in [-0.4, -0.2) is 96.7 Å². The van der Waals surface area contributed by atoms with Crippen molar-refractivity contribution >= 4 is 39.5 Å². The van der Waals surface area contributed by atoms with Gasteiger partial charge in [-0.1, -0.05) is 362 Å². The molecule has 0 saturated carbocycles. The van der Waals surface area contributed by atoms with Crippen LogP contribution in [0.4, 0.5) is 0 Å². The van der Waals surface area contributed by atoms with Crippen LogP contribution in [0.5, 0.6) is 0 Å². The summed E-state index contributed by atoms with van der Waals surface area (Å²) in [6.45, 7) is 7.33. The highest BCUT2D eigenvalue weighted by Gasteiger charge is 2.30. The zero-order valence-corrected chi connectivity index (χ0v) is 65.0. The third kappa shape index (κ3) is 72.2. The lowest BCUT2D eigenvalue weighted by Gasteiger charge is -2.21. The number of esters is 4. The van der Waals surface area contributed by atoms with Crippen molar-refractivity contribution in [3.05, 3.63) is 0 Å². The topological polar surface area (TPSA) is 237 Å². The maximum atomic E-state index is 13.1. The van der Waals surface area contributed by atoms with Crippen LogP contribution in [0.15, 0.2) is 0 Å². The van der Waals surface area contributed by atoms with Gasteiger partial charge in [0.25, 0.3) is 0 Å². The first kappa shape index (κ1) is 95.1. The highest BCUT2D eigenvalue weighted by Crippen LogP contribution is 2.45. The van der Waals surface area contributed by atoms with E-state index in [4.69, 9.17) is 37.0 Å². The van der Waals surface area contributed by atoms with E-state index in [0.29, 0.717) is 25.7 Å². The number of unbranched alkanes of at least 4 members (excludes halogenated alkanes) is 50. The molecule has 0 fully saturated rings. The quantitative estimate of drug-likeness (QED) is 0.0222. The maximum Gasteiger partial charge on any atom is 0.472 e. The number of carbonyl (C=O) groups excluding carboxylic acids is 4. The number of carbonyl (C=O) groups is 4. The van der Waals surface area contributed by atoms with Crippen molar-refractivity contribution in [3.8, 4) is 0 Å². The molecule has 97 heavy (non-hydrogen) atoms. The van der Waals surface area contributed by atoms with Gasteiger partial charge >= 0.3 is 39.5 Å². The van der Waals surface area contributed by atoms with E-state index < -0.39 is 97.5 Å². The zero-order valence-electron chi connectivity index (χ0n) is 63.2. The smallest absolute Gasteiger partial charge is 0.462 e. The van der Waals surface area contributed by atoms with Crippen LogP contribution in [0.2, 0.25) is 0 Å². The van der Waals surface area contributed by atoms with E-state index in [1.807, 2.05) is 0 Å². The fourth-order valence-corrected chi connectivity index (χ4v) is 13.6. The van der Waals surface area contributed by atoms with E-state index in [0.717, 1.165) is 95.8 Å². The van der Waals surface area contributed by atoms with Gasteiger partial charge in [-0.3, -0.25) is 37.3 Å². The van der Waals surface area contributed by atoms with Gasteiger partial charge in [-0.25, -0.2) is 9.13 Å². The molecule has 0 radical (unpaired) electrons. The summed E-state index contributed by atoms with van der Waals surface area (Å²) in [6, 6.07) is 0. The van der Waals surface area contributed by atoms with Gasteiger partial charge in [0.15, 0.2) is 12.2 Å². The largest absolute Gasteiger partial charge is 0.472 e. The normalized spacial score (nSPS) is 13.9. The number of aliphatic hydroxyl groups excluding tert-OH is 1. The van der Waals surface area contributed by atoms with Crippen LogP contribution in [-0.2, 0) is 65.4 Å². The molecule has 0 aromatic heterocycles. The predicted molar refractivity (Wildman–Crippen MR) is 395 cm³/mol. The van der Waals surface area contributed by atoms with E-state index in [1.165, 1.54) is 238 Å². The number of aliphatic hydroxyl groups is 1.